The number of alkyl carbamates (subject to hydrolysis) is 2. The van der Waals surface area contributed by atoms with E-state index < -0.39 is 102 Å². The highest BCUT2D eigenvalue weighted by molar-refractivity contribution is 7.98. The molecule has 0 aliphatic heterocycles. The molecule has 0 saturated heterocycles. The molecule has 6 N–H and O–H groups in total. The number of nitriles is 2. The van der Waals surface area contributed by atoms with E-state index in [9.17, 15) is 39.3 Å². The van der Waals surface area contributed by atoms with E-state index in [0.29, 0.717) is 27.7 Å². The van der Waals surface area contributed by atoms with Crippen LogP contribution in [0.5, 0.6) is 5.75 Å². The van der Waals surface area contributed by atoms with Crippen molar-refractivity contribution in [3.05, 3.63) is 76.6 Å². The average molecular weight is 1160 g/mol. The normalized spacial score (nSPS) is 13.6. The molecule has 5 atom stereocenters. The number of oxazole rings is 1. The van der Waals surface area contributed by atoms with Crippen LogP contribution in [0.2, 0.25) is 5.02 Å². The van der Waals surface area contributed by atoms with Gasteiger partial charge in [-0.2, -0.15) is 10.5 Å². The summed E-state index contributed by atoms with van der Waals surface area (Å²) in [5.41, 5.74) is 4.99. The number of carbonyl (C=O) groups excluding carboxylic acids is 6. The van der Waals surface area contributed by atoms with Gasteiger partial charge in [-0.1, -0.05) is 35.5 Å². The summed E-state index contributed by atoms with van der Waals surface area (Å²) in [6.45, 7) is 21.4. The SMILES string of the molecule is C[C@H](NC(=O)[C@H](COC(C)(C)C)NC(=O)OC(C)(C)C)C(=O)OC[C@H](COc1ccc(-c2c(C#N)c(N)nc(SCc3coc(-c4ccc(Cl)cc4)n3)c2C#N)cc1)OC(=O)[C@H](C)NC(=O)[C@H](COC(C)(C)C)NC(=O)OC(C)(C)C. The number of halogens is 1. The Labute approximate surface area is 480 Å². The molecule has 4 aromatic rings. The van der Waals surface area contributed by atoms with Crippen LogP contribution in [-0.2, 0) is 53.4 Å². The molecule has 0 saturated carbocycles. The molecule has 0 radical (unpaired) electrons. The Morgan fingerprint density at radius 1 is 0.654 bits per heavy atom. The molecule has 2 aromatic heterocycles. The molecule has 438 valence electrons. The van der Waals surface area contributed by atoms with Crippen LogP contribution in [0.25, 0.3) is 22.6 Å². The van der Waals surface area contributed by atoms with E-state index in [0.717, 1.165) is 11.8 Å². The number of amides is 4. The van der Waals surface area contributed by atoms with Gasteiger partial charge in [0.05, 0.1) is 35.7 Å². The number of thioether (sulfide) groups is 1. The number of nitrogen functional groups attached to an aromatic ring is 1. The molecule has 23 nitrogen and oxygen atoms in total. The third-order valence-corrected chi connectivity index (χ3v) is 11.8. The second-order valence-corrected chi connectivity index (χ2v) is 23.7. The maximum absolute atomic E-state index is 13.8. The molecule has 0 fully saturated rings. The van der Waals surface area contributed by atoms with Crippen molar-refractivity contribution in [2.75, 3.05) is 32.2 Å². The summed E-state index contributed by atoms with van der Waals surface area (Å²) in [5, 5.41) is 31.4. The lowest BCUT2D eigenvalue weighted by Crippen LogP contribution is -2.55. The smallest absolute Gasteiger partial charge is 0.408 e. The first-order chi connectivity index (χ1) is 37.6. The molecule has 0 aliphatic rings. The van der Waals surface area contributed by atoms with E-state index in [1.807, 2.05) is 0 Å². The third-order valence-electron chi connectivity index (χ3n) is 10.5. The Morgan fingerprint density at radius 3 is 1.63 bits per heavy atom. The lowest BCUT2D eigenvalue weighted by Gasteiger charge is -2.27. The van der Waals surface area contributed by atoms with Crippen LogP contribution in [0, 0.1) is 22.7 Å². The maximum Gasteiger partial charge on any atom is 0.408 e. The Bertz CT molecular complexity index is 2930. The van der Waals surface area contributed by atoms with Crippen molar-refractivity contribution in [2.24, 2.45) is 0 Å². The van der Waals surface area contributed by atoms with E-state index in [4.69, 9.17) is 54.9 Å². The number of nitrogens with zero attached hydrogens (tertiary/aromatic N) is 4. The number of hydrogen-bond donors (Lipinski definition) is 5. The van der Waals surface area contributed by atoms with Gasteiger partial charge in [-0.3, -0.25) is 9.59 Å². The predicted octanol–water partition coefficient (Wildman–Crippen LogP) is 7.93. The summed E-state index contributed by atoms with van der Waals surface area (Å²) < 4.78 is 45.2. The number of nitrogens with two attached hydrogens (primary N) is 1. The molecule has 2 aromatic carbocycles. The molecule has 25 heteroatoms. The minimum Gasteiger partial charge on any atom is -0.490 e. The number of anilines is 1. The van der Waals surface area contributed by atoms with Crippen molar-refractivity contribution in [2.45, 2.75) is 160 Å². The number of pyridine rings is 1. The zero-order valence-corrected chi connectivity index (χ0v) is 49.6. The lowest BCUT2D eigenvalue weighted by molar-refractivity contribution is -0.163. The molecule has 0 unspecified atom stereocenters. The maximum atomic E-state index is 13.8. The lowest BCUT2D eigenvalue weighted by atomic mass is 9.97. The zero-order chi connectivity index (χ0) is 60.6. The summed E-state index contributed by atoms with van der Waals surface area (Å²) in [4.78, 5) is 88.8. The molecule has 81 heavy (non-hydrogen) atoms. The highest BCUT2D eigenvalue weighted by atomic mass is 35.5. The van der Waals surface area contributed by atoms with Crippen molar-refractivity contribution >= 4 is 65.1 Å². The Balaban J connectivity index is 1.57. The molecule has 2 heterocycles. The molecule has 4 rings (SSSR count). The van der Waals surface area contributed by atoms with Crippen LogP contribution < -0.4 is 31.7 Å². The van der Waals surface area contributed by atoms with Gasteiger partial charge in [0.2, 0.25) is 17.7 Å². The summed E-state index contributed by atoms with van der Waals surface area (Å²) in [7, 11) is 0. The first-order valence-corrected chi connectivity index (χ1v) is 26.9. The molecule has 4 amide bonds. The average Bonchev–Trinajstić information content (AvgIpc) is 3.84. The first kappa shape index (κ1) is 65.9. The van der Waals surface area contributed by atoms with Crippen LogP contribution >= 0.6 is 23.4 Å². The fraction of sp³-hybridized carbons (Fsp3) is 0.500. The quantitative estimate of drug-likeness (QED) is 0.0267. The molecule has 0 aliphatic carbocycles. The van der Waals surface area contributed by atoms with Crippen molar-refractivity contribution < 1.29 is 66.3 Å². The van der Waals surface area contributed by atoms with Gasteiger partial charge in [-0.25, -0.2) is 29.1 Å². The largest absolute Gasteiger partial charge is 0.490 e. The Hall–Kier alpha value is -7.64. The summed E-state index contributed by atoms with van der Waals surface area (Å²) in [5.74, 6) is -2.92. The molecular weight excluding hydrogens is 1090 g/mol. The van der Waals surface area contributed by atoms with Gasteiger partial charge in [0, 0.05) is 21.9 Å². The van der Waals surface area contributed by atoms with E-state index >= 15 is 0 Å². The second kappa shape index (κ2) is 28.7. The number of carbonyl (C=O) groups is 6. The summed E-state index contributed by atoms with van der Waals surface area (Å²) in [6, 6.07) is 12.0. The van der Waals surface area contributed by atoms with Crippen molar-refractivity contribution in [1.29, 1.82) is 10.5 Å². The predicted molar refractivity (Wildman–Crippen MR) is 299 cm³/mol. The monoisotopic (exact) mass is 1160 g/mol. The number of nitrogens with one attached hydrogen (secondary N) is 4. The van der Waals surface area contributed by atoms with Crippen molar-refractivity contribution in [1.82, 2.24) is 31.2 Å². The van der Waals surface area contributed by atoms with Crippen LogP contribution in [0.4, 0.5) is 15.4 Å². The highest BCUT2D eigenvalue weighted by Gasteiger charge is 2.33. The molecular formula is C56H72ClN9O14S. The van der Waals surface area contributed by atoms with Gasteiger partial charge in [-0.15, -0.1) is 0 Å². The van der Waals surface area contributed by atoms with E-state index in [1.54, 1.807) is 119 Å². The van der Waals surface area contributed by atoms with Gasteiger partial charge in [0.25, 0.3) is 0 Å². The van der Waals surface area contributed by atoms with Crippen LogP contribution in [0.1, 0.15) is 114 Å². The molecule has 0 bridgehead atoms. The summed E-state index contributed by atoms with van der Waals surface area (Å²) >= 11 is 7.20. The fourth-order valence-electron chi connectivity index (χ4n) is 6.70. The number of esters is 2. The third kappa shape index (κ3) is 22.4. The minimum atomic E-state index is -1.37. The van der Waals surface area contributed by atoms with Crippen LogP contribution in [-0.4, -0.2) is 125 Å². The van der Waals surface area contributed by atoms with Gasteiger partial charge < -0.3 is 64.6 Å². The second-order valence-electron chi connectivity index (χ2n) is 22.3. The molecule has 0 spiro atoms. The first-order valence-electron chi connectivity index (χ1n) is 25.6. The van der Waals surface area contributed by atoms with Crippen LogP contribution in [0.3, 0.4) is 0 Å². The van der Waals surface area contributed by atoms with Gasteiger partial charge in [0.15, 0.2) is 6.10 Å². The highest BCUT2D eigenvalue weighted by Crippen LogP contribution is 2.37. The summed E-state index contributed by atoms with van der Waals surface area (Å²) in [6.07, 6.45) is -1.69. The standard InChI is InChI=1S/C56H72ClN9O14S/c1-31(61-45(67)41(28-76-53(3,4)5)64-51(71)79-55(9,10)11)49(69)75-27-38(78-50(70)32(2)62-46(68)42(29-77-54(6,7)8)65-52(72)80-56(12,13)14)26-73-37-21-17-33(18-22-37)43-39(23-58)44(60)66-48(40(43)24-59)81-30-36-25-74-47(63-36)34-15-19-35(57)20-16-34/h15-22,25,31-32,38,41-42H,26-30H2,1-14H3,(H2,60,66)(H,61,67)(H,62,68)(H,64,71)(H,65,72)/t31-,32-,38-,41-,42-/m0/s1. The van der Waals surface area contributed by atoms with Crippen molar-refractivity contribution in [3.63, 3.8) is 0 Å². The van der Waals surface area contributed by atoms with Gasteiger partial charge >= 0.3 is 24.1 Å². The number of ether oxygens (including phenoxy) is 7. The number of rotatable bonds is 23. The van der Waals surface area contributed by atoms with Gasteiger partial charge in [-0.05, 0) is 139 Å². The van der Waals surface area contributed by atoms with E-state index in [1.165, 1.54) is 32.2 Å². The fourth-order valence-corrected chi connectivity index (χ4v) is 7.70. The zero-order valence-electron chi connectivity index (χ0n) is 48.0. The Kier molecular flexibility index (Phi) is 23.3. The number of hydrogen-bond acceptors (Lipinski definition) is 20. The topological polar surface area (TPSA) is 328 Å². The minimum absolute atomic E-state index is 0.0433. The van der Waals surface area contributed by atoms with Gasteiger partial charge in [0.1, 0.15) is 89.1 Å². The van der Waals surface area contributed by atoms with Crippen molar-refractivity contribution in [3.8, 4) is 40.5 Å². The Morgan fingerprint density at radius 2 is 1.15 bits per heavy atom. The number of aromatic nitrogens is 2. The number of benzene rings is 2. The van der Waals surface area contributed by atoms with Crippen LogP contribution in [0.15, 0.2) is 64.2 Å². The van der Waals surface area contributed by atoms with E-state index in [-0.39, 0.29) is 52.3 Å². The van der Waals surface area contributed by atoms with E-state index in [2.05, 4.69) is 43.4 Å².